The Bertz CT molecular complexity index is 255. The molecule has 1 aliphatic rings. The first-order valence-corrected chi connectivity index (χ1v) is 6.89. The van der Waals surface area contributed by atoms with Gasteiger partial charge in [-0.2, -0.15) is 11.3 Å². The summed E-state index contributed by atoms with van der Waals surface area (Å²) in [6.07, 6.45) is 7.81. The Labute approximate surface area is 95.3 Å². The van der Waals surface area contributed by atoms with Gasteiger partial charge in [-0.15, -0.1) is 11.6 Å². The molecule has 2 heteroatoms. The molecule has 0 aliphatic heterocycles. The minimum Gasteiger partial charge on any atom is -0.152 e. The lowest BCUT2D eigenvalue weighted by Crippen LogP contribution is -2.15. The highest BCUT2D eigenvalue weighted by atomic mass is 35.5. The Hall–Kier alpha value is -0.0100. The minimum absolute atomic E-state index is 0.414. The number of hydrogen-bond donors (Lipinski definition) is 0. The zero-order valence-electron chi connectivity index (χ0n) is 8.42. The molecule has 0 amide bonds. The van der Waals surface area contributed by atoms with Crippen LogP contribution in [0.1, 0.15) is 37.7 Å². The van der Waals surface area contributed by atoms with Crippen LogP contribution < -0.4 is 0 Å². The maximum atomic E-state index is 6.41. The van der Waals surface area contributed by atoms with Crippen molar-refractivity contribution in [2.45, 2.75) is 43.9 Å². The molecule has 1 saturated carbocycles. The topological polar surface area (TPSA) is 0 Å². The summed E-state index contributed by atoms with van der Waals surface area (Å²) in [7, 11) is 0. The molecule has 2 rings (SSSR count). The molecular weight excluding hydrogens is 212 g/mol. The lowest BCUT2D eigenvalue weighted by molar-refractivity contribution is 0.465. The van der Waals surface area contributed by atoms with E-state index in [0.29, 0.717) is 11.3 Å². The Kier molecular flexibility index (Phi) is 3.89. The van der Waals surface area contributed by atoms with Gasteiger partial charge in [0.05, 0.1) is 0 Å². The first-order valence-electron chi connectivity index (χ1n) is 5.51. The molecule has 2 unspecified atom stereocenters. The van der Waals surface area contributed by atoms with Crippen LogP contribution in [-0.2, 0) is 6.42 Å². The highest BCUT2D eigenvalue weighted by Crippen LogP contribution is 2.30. The molecule has 0 spiro atoms. The van der Waals surface area contributed by atoms with Gasteiger partial charge in [-0.1, -0.05) is 19.3 Å². The molecule has 1 aromatic rings. The van der Waals surface area contributed by atoms with Crippen LogP contribution in [0.3, 0.4) is 0 Å². The molecule has 0 N–H and O–H groups in total. The Balaban J connectivity index is 1.94. The Morgan fingerprint density at radius 1 is 1.29 bits per heavy atom. The van der Waals surface area contributed by atoms with E-state index >= 15 is 0 Å². The van der Waals surface area contributed by atoms with Crippen molar-refractivity contribution in [3.63, 3.8) is 0 Å². The summed E-state index contributed by atoms with van der Waals surface area (Å²) >= 11 is 8.20. The summed E-state index contributed by atoms with van der Waals surface area (Å²) in [4.78, 5) is 0. The number of thiophene rings is 1. The van der Waals surface area contributed by atoms with Gasteiger partial charge in [0, 0.05) is 5.38 Å². The van der Waals surface area contributed by atoms with Crippen LogP contribution in [0.4, 0.5) is 0 Å². The van der Waals surface area contributed by atoms with Crippen molar-refractivity contribution < 1.29 is 0 Å². The van der Waals surface area contributed by atoms with E-state index in [4.69, 9.17) is 11.6 Å². The highest BCUT2D eigenvalue weighted by Gasteiger charge is 2.21. The second kappa shape index (κ2) is 5.18. The first-order chi connectivity index (χ1) is 6.86. The number of hydrogen-bond acceptors (Lipinski definition) is 1. The number of alkyl halides is 1. The molecular formula is C12H17ClS. The lowest BCUT2D eigenvalue weighted by atomic mass is 9.93. The maximum Gasteiger partial charge on any atom is 0.0367 e. The fourth-order valence-corrected chi connectivity index (χ4v) is 3.33. The molecule has 0 nitrogen and oxygen atoms in total. The zero-order chi connectivity index (χ0) is 9.80. The van der Waals surface area contributed by atoms with Gasteiger partial charge in [0.2, 0.25) is 0 Å². The van der Waals surface area contributed by atoms with E-state index in [1.54, 1.807) is 11.3 Å². The van der Waals surface area contributed by atoms with E-state index < -0.39 is 0 Å². The molecule has 1 heterocycles. The lowest BCUT2D eigenvalue weighted by Gasteiger charge is -2.18. The summed E-state index contributed by atoms with van der Waals surface area (Å²) in [6.45, 7) is 0. The van der Waals surface area contributed by atoms with Crippen LogP contribution in [0.2, 0.25) is 0 Å². The SMILES string of the molecule is ClC1CCCCCC1Cc1ccsc1. The monoisotopic (exact) mass is 228 g/mol. The van der Waals surface area contributed by atoms with Crippen LogP contribution in [0.15, 0.2) is 16.8 Å². The second-order valence-corrected chi connectivity index (χ2v) is 5.59. The Morgan fingerprint density at radius 3 is 2.93 bits per heavy atom. The van der Waals surface area contributed by atoms with Gasteiger partial charge in [0.1, 0.15) is 0 Å². The van der Waals surface area contributed by atoms with Crippen LogP contribution in [0.5, 0.6) is 0 Å². The smallest absolute Gasteiger partial charge is 0.0367 e. The zero-order valence-corrected chi connectivity index (χ0v) is 9.99. The van der Waals surface area contributed by atoms with Gasteiger partial charge >= 0.3 is 0 Å². The third-order valence-corrected chi connectivity index (χ3v) is 4.45. The fourth-order valence-electron chi connectivity index (χ4n) is 2.28. The number of rotatable bonds is 2. The molecule has 1 fully saturated rings. The third-order valence-electron chi connectivity index (χ3n) is 3.14. The van der Waals surface area contributed by atoms with Gasteiger partial charge in [0.15, 0.2) is 0 Å². The van der Waals surface area contributed by atoms with Crippen LogP contribution in [0.25, 0.3) is 0 Å². The van der Waals surface area contributed by atoms with Crippen molar-refractivity contribution >= 4 is 22.9 Å². The van der Waals surface area contributed by atoms with Gasteiger partial charge in [0.25, 0.3) is 0 Å². The predicted octanol–water partition coefficient (Wildman–Crippen LogP) is 4.48. The molecule has 0 aromatic carbocycles. The third kappa shape index (κ3) is 2.74. The molecule has 78 valence electrons. The van der Waals surface area contributed by atoms with Crippen molar-refractivity contribution in [3.8, 4) is 0 Å². The van der Waals surface area contributed by atoms with E-state index in [0.717, 1.165) is 0 Å². The number of halogens is 1. The average Bonchev–Trinajstić information content (AvgIpc) is 2.60. The minimum atomic E-state index is 0.414. The molecule has 14 heavy (non-hydrogen) atoms. The second-order valence-electron chi connectivity index (χ2n) is 4.25. The molecule has 1 aliphatic carbocycles. The van der Waals surface area contributed by atoms with Crippen LogP contribution in [-0.4, -0.2) is 5.38 Å². The van der Waals surface area contributed by atoms with Crippen LogP contribution >= 0.6 is 22.9 Å². The molecule has 0 saturated heterocycles. The highest BCUT2D eigenvalue weighted by molar-refractivity contribution is 7.07. The van der Waals surface area contributed by atoms with Gasteiger partial charge in [-0.3, -0.25) is 0 Å². The van der Waals surface area contributed by atoms with Crippen molar-refractivity contribution in [2.24, 2.45) is 5.92 Å². The summed E-state index contributed by atoms with van der Waals surface area (Å²) < 4.78 is 0. The molecule has 0 bridgehead atoms. The van der Waals surface area contributed by atoms with E-state index in [2.05, 4.69) is 16.8 Å². The van der Waals surface area contributed by atoms with E-state index in [9.17, 15) is 0 Å². The van der Waals surface area contributed by atoms with Crippen molar-refractivity contribution in [2.75, 3.05) is 0 Å². The van der Waals surface area contributed by atoms with Crippen molar-refractivity contribution in [1.82, 2.24) is 0 Å². The maximum absolute atomic E-state index is 6.41. The van der Waals surface area contributed by atoms with Crippen molar-refractivity contribution in [1.29, 1.82) is 0 Å². The van der Waals surface area contributed by atoms with E-state index in [1.165, 1.54) is 44.1 Å². The molecule has 2 atom stereocenters. The first kappa shape index (κ1) is 10.5. The van der Waals surface area contributed by atoms with E-state index in [-0.39, 0.29) is 0 Å². The van der Waals surface area contributed by atoms with Gasteiger partial charge < -0.3 is 0 Å². The average molecular weight is 229 g/mol. The fraction of sp³-hybridized carbons (Fsp3) is 0.667. The van der Waals surface area contributed by atoms with Crippen LogP contribution in [0, 0.1) is 5.92 Å². The standard InChI is InChI=1S/C12H17ClS/c13-12-5-3-1-2-4-11(12)8-10-6-7-14-9-10/h6-7,9,11-12H,1-5,8H2. The quantitative estimate of drug-likeness (QED) is 0.517. The molecule has 1 aromatic heterocycles. The van der Waals surface area contributed by atoms with E-state index in [1.807, 2.05) is 0 Å². The summed E-state index contributed by atoms with van der Waals surface area (Å²) in [5.41, 5.74) is 1.48. The van der Waals surface area contributed by atoms with Crippen molar-refractivity contribution in [3.05, 3.63) is 22.4 Å². The van der Waals surface area contributed by atoms with Gasteiger partial charge in [-0.25, -0.2) is 0 Å². The van der Waals surface area contributed by atoms with Gasteiger partial charge in [-0.05, 0) is 47.6 Å². The Morgan fingerprint density at radius 2 is 2.14 bits per heavy atom. The summed E-state index contributed by atoms with van der Waals surface area (Å²) in [6, 6.07) is 2.24. The molecule has 0 radical (unpaired) electrons. The summed E-state index contributed by atoms with van der Waals surface area (Å²) in [5.74, 6) is 0.716. The summed E-state index contributed by atoms with van der Waals surface area (Å²) in [5, 5.41) is 4.83. The largest absolute Gasteiger partial charge is 0.152 e. The predicted molar refractivity (Wildman–Crippen MR) is 64.2 cm³/mol. The normalized spacial score (nSPS) is 28.6.